The van der Waals surface area contributed by atoms with E-state index in [1.54, 1.807) is 11.0 Å². The maximum Gasteiger partial charge on any atom is 0.243 e. The van der Waals surface area contributed by atoms with Gasteiger partial charge in [-0.2, -0.15) is 4.31 Å². The Hall–Kier alpha value is -2.58. The Bertz CT molecular complexity index is 1110. The molecule has 2 aromatic carbocycles. The maximum absolute atomic E-state index is 14.4. The zero-order valence-corrected chi connectivity index (χ0v) is 18.2. The fourth-order valence-corrected chi connectivity index (χ4v) is 5.87. The summed E-state index contributed by atoms with van der Waals surface area (Å²) in [5.74, 6) is -0.982. The number of nitrogens with zero attached hydrogens (tertiary/aromatic N) is 2. The lowest BCUT2D eigenvalue weighted by Crippen LogP contribution is -2.46. The van der Waals surface area contributed by atoms with E-state index in [1.165, 1.54) is 41.6 Å². The van der Waals surface area contributed by atoms with Gasteiger partial charge in [-0.1, -0.05) is 24.3 Å². The molecule has 2 aliphatic heterocycles. The lowest BCUT2D eigenvalue weighted by molar-refractivity contribution is -0.123. The van der Waals surface area contributed by atoms with Crippen LogP contribution < -0.4 is 4.90 Å². The van der Waals surface area contributed by atoms with E-state index in [0.717, 1.165) is 18.4 Å². The molecule has 8 heteroatoms. The summed E-state index contributed by atoms with van der Waals surface area (Å²) >= 11 is 0. The zero-order chi connectivity index (χ0) is 22.2. The van der Waals surface area contributed by atoms with E-state index in [-0.39, 0.29) is 41.4 Å². The second-order valence-corrected chi connectivity index (χ2v) is 10.0. The largest absolute Gasteiger partial charge is 0.309 e. The molecule has 0 aliphatic carbocycles. The van der Waals surface area contributed by atoms with Gasteiger partial charge in [0.25, 0.3) is 0 Å². The molecular weight excluding hydrogens is 419 g/mol. The number of hydrogen-bond donors (Lipinski definition) is 0. The van der Waals surface area contributed by atoms with Crippen LogP contribution >= 0.6 is 0 Å². The third kappa shape index (κ3) is 4.14. The van der Waals surface area contributed by atoms with E-state index in [1.807, 2.05) is 6.07 Å². The van der Waals surface area contributed by atoms with E-state index in [4.69, 9.17) is 0 Å². The second kappa shape index (κ2) is 8.51. The number of anilines is 1. The minimum absolute atomic E-state index is 0.126. The summed E-state index contributed by atoms with van der Waals surface area (Å²) in [6, 6.07) is 10.8. The van der Waals surface area contributed by atoms with Crippen molar-refractivity contribution in [2.24, 2.45) is 5.92 Å². The molecule has 0 aromatic heterocycles. The van der Waals surface area contributed by atoms with Crippen molar-refractivity contribution in [3.8, 4) is 0 Å². The van der Waals surface area contributed by atoms with Crippen LogP contribution in [0.3, 0.4) is 0 Å². The van der Waals surface area contributed by atoms with Crippen LogP contribution in [0, 0.1) is 11.7 Å². The number of carbonyl (C=O) groups is 2. The predicted octanol–water partition coefficient (Wildman–Crippen LogP) is 3.41. The average molecular weight is 445 g/mol. The van der Waals surface area contributed by atoms with E-state index in [9.17, 15) is 22.4 Å². The number of ketones is 1. The number of sulfonamides is 1. The van der Waals surface area contributed by atoms with Crippen molar-refractivity contribution in [1.82, 2.24) is 4.31 Å². The number of rotatable bonds is 4. The van der Waals surface area contributed by atoms with Gasteiger partial charge in [-0.15, -0.1) is 0 Å². The highest BCUT2D eigenvalue weighted by molar-refractivity contribution is 7.89. The van der Waals surface area contributed by atoms with Gasteiger partial charge in [0, 0.05) is 31.1 Å². The summed E-state index contributed by atoms with van der Waals surface area (Å²) in [4.78, 5) is 26.3. The van der Waals surface area contributed by atoms with Gasteiger partial charge in [0.2, 0.25) is 15.9 Å². The quantitative estimate of drug-likeness (QED) is 0.678. The summed E-state index contributed by atoms with van der Waals surface area (Å²) in [5, 5.41) is 0. The number of amides is 1. The molecule has 0 N–H and O–H groups in total. The van der Waals surface area contributed by atoms with Crippen molar-refractivity contribution in [2.45, 2.75) is 37.5 Å². The van der Waals surface area contributed by atoms with Crippen LogP contribution in [0.2, 0.25) is 0 Å². The molecule has 1 saturated heterocycles. The topological polar surface area (TPSA) is 74.8 Å². The van der Waals surface area contributed by atoms with Crippen LogP contribution in [-0.4, -0.2) is 44.0 Å². The van der Waals surface area contributed by atoms with E-state index >= 15 is 0 Å². The fourth-order valence-electron chi connectivity index (χ4n) is 4.40. The number of Topliss-reactive ketones (excluding diaryl/α,β-unsaturated/α-hetero) is 1. The second-order valence-electron chi connectivity index (χ2n) is 8.10. The Kier molecular flexibility index (Phi) is 5.94. The summed E-state index contributed by atoms with van der Waals surface area (Å²) in [6.07, 6.45) is 2.31. The highest BCUT2D eigenvalue weighted by Crippen LogP contribution is 2.33. The first-order valence-corrected chi connectivity index (χ1v) is 11.9. The van der Waals surface area contributed by atoms with Crippen molar-refractivity contribution in [1.29, 1.82) is 0 Å². The van der Waals surface area contributed by atoms with Gasteiger partial charge in [-0.25, -0.2) is 12.8 Å². The highest BCUT2D eigenvalue weighted by Gasteiger charge is 2.36. The molecule has 2 heterocycles. The molecule has 0 unspecified atom stereocenters. The maximum atomic E-state index is 14.4. The molecule has 0 atom stereocenters. The van der Waals surface area contributed by atoms with Crippen molar-refractivity contribution in [2.75, 3.05) is 24.5 Å². The molecule has 164 valence electrons. The lowest BCUT2D eigenvalue weighted by Gasteiger charge is -2.36. The lowest BCUT2D eigenvalue weighted by atomic mass is 9.94. The molecule has 0 radical (unpaired) electrons. The van der Waals surface area contributed by atoms with Crippen LogP contribution in [0.1, 0.15) is 42.1 Å². The summed E-state index contributed by atoms with van der Waals surface area (Å²) in [5.41, 5.74) is 1.67. The summed E-state index contributed by atoms with van der Waals surface area (Å²) in [7, 11) is -3.70. The van der Waals surface area contributed by atoms with Gasteiger partial charge in [-0.3, -0.25) is 9.59 Å². The van der Waals surface area contributed by atoms with Gasteiger partial charge < -0.3 is 4.90 Å². The van der Waals surface area contributed by atoms with Crippen LogP contribution in [0.5, 0.6) is 0 Å². The molecule has 1 amide bonds. The SMILES string of the molecule is CC(=O)c1ccc(S(=O)(=O)N2CCC(C(=O)N3CCCc4cccc(F)c43)CC2)cc1. The minimum atomic E-state index is -3.70. The number of aryl methyl sites for hydroxylation is 1. The fraction of sp³-hybridized carbons (Fsp3) is 0.391. The molecule has 0 saturated carbocycles. The van der Waals surface area contributed by atoms with E-state index in [0.29, 0.717) is 30.6 Å². The molecule has 1 fully saturated rings. The molecule has 2 aromatic rings. The van der Waals surface area contributed by atoms with Gasteiger partial charge in [0.15, 0.2) is 5.78 Å². The molecule has 4 rings (SSSR count). The Balaban J connectivity index is 1.45. The molecular formula is C23H25FN2O4S. The zero-order valence-electron chi connectivity index (χ0n) is 17.4. The highest BCUT2D eigenvalue weighted by atomic mass is 32.2. The molecule has 2 aliphatic rings. The number of carbonyl (C=O) groups excluding carboxylic acids is 2. The van der Waals surface area contributed by atoms with Crippen molar-refractivity contribution in [3.63, 3.8) is 0 Å². The predicted molar refractivity (Wildman–Crippen MR) is 115 cm³/mol. The first kappa shape index (κ1) is 21.6. The van der Waals surface area contributed by atoms with E-state index < -0.39 is 10.0 Å². The summed E-state index contributed by atoms with van der Waals surface area (Å²) in [6.45, 7) is 2.36. The standard InChI is InChI=1S/C23H25FN2O4S/c1-16(27)17-7-9-20(10-8-17)31(29,30)25-14-11-19(12-15-25)23(28)26-13-3-5-18-4-2-6-21(24)22(18)26/h2,4,6-10,19H,3,5,11-15H2,1H3. The van der Waals surface area contributed by atoms with Crippen LogP contribution in [0.25, 0.3) is 0 Å². The minimum Gasteiger partial charge on any atom is -0.309 e. The van der Waals surface area contributed by atoms with Crippen molar-refractivity contribution < 1.29 is 22.4 Å². The average Bonchev–Trinajstić information content (AvgIpc) is 2.78. The number of hydrogen-bond acceptors (Lipinski definition) is 4. The first-order valence-electron chi connectivity index (χ1n) is 10.5. The summed E-state index contributed by atoms with van der Waals surface area (Å²) < 4.78 is 41.7. The number of piperidine rings is 1. The van der Waals surface area contributed by atoms with Gasteiger partial charge in [-0.05, 0) is 56.4 Å². The molecule has 6 nitrogen and oxygen atoms in total. The molecule has 31 heavy (non-hydrogen) atoms. The third-order valence-electron chi connectivity index (χ3n) is 6.14. The Morgan fingerprint density at radius 3 is 2.32 bits per heavy atom. The third-order valence-corrected chi connectivity index (χ3v) is 8.05. The first-order chi connectivity index (χ1) is 14.8. The van der Waals surface area contributed by atoms with Gasteiger partial charge in [0.05, 0.1) is 10.6 Å². The Morgan fingerprint density at radius 2 is 1.68 bits per heavy atom. The Labute approximate surface area is 181 Å². The number of halogens is 1. The number of benzene rings is 2. The van der Waals surface area contributed by atoms with Crippen molar-refractivity contribution in [3.05, 3.63) is 59.4 Å². The smallest absolute Gasteiger partial charge is 0.243 e. The van der Waals surface area contributed by atoms with Crippen molar-refractivity contribution >= 4 is 27.4 Å². The molecule has 0 bridgehead atoms. The number of para-hydroxylation sites is 1. The van der Waals surface area contributed by atoms with Gasteiger partial charge >= 0.3 is 0 Å². The van der Waals surface area contributed by atoms with Crippen LogP contribution in [-0.2, 0) is 21.2 Å². The monoisotopic (exact) mass is 444 g/mol. The Morgan fingerprint density at radius 1 is 1.00 bits per heavy atom. The normalized spacial score (nSPS) is 17.9. The number of fused-ring (bicyclic) bond motifs is 1. The van der Waals surface area contributed by atoms with Crippen LogP contribution in [0.15, 0.2) is 47.4 Å². The van der Waals surface area contributed by atoms with Crippen LogP contribution in [0.4, 0.5) is 10.1 Å². The molecule has 0 spiro atoms. The van der Waals surface area contributed by atoms with Gasteiger partial charge in [0.1, 0.15) is 5.82 Å². The van der Waals surface area contributed by atoms with E-state index in [2.05, 4.69) is 0 Å².